The standard InChI is InChI=1S/C6H3F11O3S.Na/c7-1(8)3(10,11)5(14,15)6(16,17)4(12,13)2(9)21(18,19)20;/h1-2H,(H,18,19,20);/q;+1/p-1. The molecule has 0 fully saturated rings. The molecular formula is C6H2F11NaO3S. The molecule has 0 rings (SSSR count). The smallest absolute Gasteiger partial charge is 0.746 e. The molecule has 0 heterocycles. The molecule has 0 aliphatic carbocycles. The molecule has 128 valence electrons. The van der Waals surface area contributed by atoms with Crippen LogP contribution in [-0.4, -0.2) is 48.6 Å². The number of hydrogen-bond acceptors (Lipinski definition) is 3. The molecule has 0 saturated carbocycles. The van der Waals surface area contributed by atoms with Crippen LogP contribution < -0.4 is 29.6 Å². The topological polar surface area (TPSA) is 57.2 Å². The summed E-state index contributed by atoms with van der Waals surface area (Å²) >= 11 is 0. The first-order chi connectivity index (χ1) is 8.85. The molecule has 0 aliphatic rings. The molecule has 0 aromatic carbocycles. The van der Waals surface area contributed by atoms with Gasteiger partial charge in [-0.05, 0) is 0 Å². The molecule has 0 spiro atoms. The fourth-order valence-electron chi connectivity index (χ4n) is 0.879. The molecule has 1 unspecified atom stereocenters. The maximum atomic E-state index is 12.7. The molecule has 0 radical (unpaired) electrons. The van der Waals surface area contributed by atoms with Gasteiger partial charge in [-0.25, -0.2) is 21.6 Å². The Balaban J connectivity index is 0. The maximum absolute atomic E-state index is 12.7. The summed E-state index contributed by atoms with van der Waals surface area (Å²) in [4.78, 5) is 0. The summed E-state index contributed by atoms with van der Waals surface area (Å²) in [6, 6.07) is 0. The van der Waals surface area contributed by atoms with Crippen molar-refractivity contribution in [3.63, 3.8) is 0 Å². The predicted molar refractivity (Wildman–Crippen MR) is 40.4 cm³/mol. The van der Waals surface area contributed by atoms with Crippen LogP contribution in [0.25, 0.3) is 0 Å². The van der Waals surface area contributed by atoms with Crippen LogP contribution in [0.1, 0.15) is 0 Å². The van der Waals surface area contributed by atoms with Crippen molar-refractivity contribution in [1.29, 1.82) is 0 Å². The summed E-state index contributed by atoms with van der Waals surface area (Å²) in [5, 5.41) is 0. The van der Waals surface area contributed by atoms with Crippen LogP contribution in [-0.2, 0) is 10.1 Å². The molecule has 0 aromatic heterocycles. The molecular weight excluding hydrogens is 384 g/mol. The van der Waals surface area contributed by atoms with Gasteiger partial charge in [0.1, 0.15) is 10.1 Å². The summed E-state index contributed by atoms with van der Waals surface area (Å²) in [6.45, 7) is 0. The molecule has 22 heavy (non-hydrogen) atoms. The minimum Gasteiger partial charge on any atom is -0.746 e. The van der Waals surface area contributed by atoms with Crippen molar-refractivity contribution in [2.45, 2.75) is 35.6 Å². The number of alkyl halides is 11. The van der Waals surface area contributed by atoms with Gasteiger partial charge in [0.25, 0.3) is 5.50 Å². The van der Waals surface area contributed by atoms with E-state index in [1.54, 1.807) is 0 Å². The van der Waals surface area contributed by atoms with E-state index in [-0.39, 0.29) is 29.6 Å². The van der Waals surface area contributed by atoms with Gasteiger partial charge in [0.05, 0.1) is 0 Å². The summed E-state index contributed by atoms with van der Waals surface area (Å²) in [6.07, 6.45) is -5.57. The van der Waals surface area contributed by atoms with Crippen LogP contribution in [0.2, 0.25) is 0 Å². The monoisotopic (exact) mass is 386 g/mol. The van der Waals surface area contributed by atoms with Gasteiger partial charge < -0.3 is 4.55 Å². The third kappa shape index (κ3) is 3.62. The van der Waals surface area contributed by atoms with Gasteiger partial charge in [-0.1, -0.05) is 0 Å². The first-order valence-electron chi connectivity index (χ1n) is 4.23. The fourth-order valence-corrected chi connectivity index (χ4v) is 1.39. The Bertz CT molecular complexity index is 490. The van der Waals surface area contributed by atoms with Crippen LogP contribution in [0.4, 0.5) is 48.3 Å². The van der Waals surface area contributed by atoms with Gasteiger partial charge in [0, 0.05) is 0 Å². The predicted octanol–water partition coefficient (Wildman–Crippen LogP) is -0.362. The van der Waals surface area contributed by atoms with Gasteiger partial charge >= 0.3 is 59.7 Å². The Morgan fingerprint density at radius 3 is 1.23 bits per heavy atom. The van der Waals surface area contributed by atoms with E-state index in [1.165, 1.54) is 0 Å². The van der Waals surface area contributed by atoms with Crippen LogP contribution in [0, 0.1) is 0 Å². The maximum Gasteiger partial charge on any atom is 1.00 e. The molecule has 0 bridgehead atoms. The summed E-state index contributed by atoms with van der Waals surface area (Å²) in [5.41, 5.74) is -5.57. The van der Waals surface area contributed by atoms with Crippen LogP contribution in [0.5, 0.6) is 0 Å². The molecule has 0 saturated heterocycles. The van der Waals surface area contributed by atoms with Crippen molar-refractivity contribution in [2.24, 2.45) is 0 Å². The van der Waals surface area contributed by atoms with Gasteiger partial charge in [-0.15, -0.1) is 0 Å². The minimum atomic E-state index is -7.61. The zero-order chi connectivity index (χ0) is 17.7. The van der Waals surface area contributed by atoms with Crippen molar-refractivity contribution in [1.82, 2.24) is 0 Å². The zero-order valence-corrected chi connectivity index (χ0v) is 12.8. The van der Waals surface area contributed by atoms with E-state index < -0.39 is 45.7 Å². The van der Waals surface area contributed by atoms with Crippen molar-refractivity contribution in [3.05, 3.63) is 0 Å². The van der Waals surface area contributed by atoms with E-state index in [9.17, 15) is 61.3 Å². The quantitative estimate of drug-likeness (QED) is 0.356. The average Bonchev–Trinajstić information content (AvgIpc) is 2.25. The Hall–Kier alpha value is 0.140. The van der Waals surface area contributed by atoms with Gasteiger partial charge in [-0.3, -0.25) is 0 Å². The Morgan fingerprint density at radius 1 is 0.727 bits per heavy atom. The molecule has 0 amide bonds. The molecule has 1 atom stereocenters. The van der Waals surface area contributed by atoms with E-state index in [1.807, 2.05) is 0 Å². The van der Waals surface area contributed by atoms with E-state index in [0.29, 0.717) is 0 Å². The Labute approximate surface area is 136 Å². The number of hydrogen-bond donors (Lipinski definition) is 0. The molecule has 0 N–H and O–H groups in total. The Kier molecular flexibility index (Phi) is 7.28. The molecule has 0 aliphatic heterocycles. The SMILES string of the molecule is O=S(=O)([O-])C(F)C(F)(F)C(F)(F)C(F)(F)C(F)(F)C(F)F.[Na+]. The van der Waals surface area contributed by atoms with Crippen LogP contribution in [0.15, 0.2) is 0 Å². The second-order valence-corrected chi connectivity index (χ2v) is 4.90. The van der Waals surface area contributed by atoms with E-state index in [0.717, 1.165) is 0 Å². The number of rotatable bonds is 6. The van der Waals surface area contributed by atoms with Crippen LogP contribution in [0.3, 0.4) is 0 Å². The number of halogens is 11. The first-order valence-corrected chi connectivity index (χ1v) is 5.70. The fraction of sp³-hybridized carbons (Fsp3) is 1.00. The summed E-state index contributed by atoms with van der Waals surface area (Å²) in [5.74, 6) is -29.4. The van der Waals surface area contributed by atoms with Gasteiger partial charge in [0.15, 0.2) is 0 Å². The van der Waals surface area contributed by atoms with Crippen LogP contribution >= 0.6 is 0 Å². The summed E-state index contributed by atoms with van der Waals surface area (Å²) < 4.78 is 165. The van der Waals surface area contributed by atoms with Crippen molar-refractivity contribution < 1.29 is 90.8 Å². The molecule has 16 heteroatoms. The normalized spacial score (nSPS) is 16.4. The van der Waals surface area contributed by atoms with Gasteiger partial charge in [-0.2, -0.15) is 35.1 Å². The largest absolute Gasteiger partial charge is 1.00 e. The Morgan fingerprint density at radius 2 is 1.00 bits per heavy atom. The van der Waals surface area contributed by atoms with Gasteiger partial charge in [0.2, 0.25) is 0 Å². The third-order valence-corrected chi connectivity index (χ3v) is 2.85. The van der Waals surface area contributed by atoms with E-state index >= 15 is 0 Å². The van der Waals surface area contributed by atoms with Crippen molar-refractivity contribution in [2.75, 3.05) is 0 Å². The second kappa shape index (κ2) is 6.57. The van der Waals surface area contributed by atoms with Crippen molar-refractivity contribution in [3.8, 4) is 0 Å². The average molecular weight is 386 g/mol. The second-order valence-electron chi connectivity index (χ2n) is 3.50. The minimum absolute atomic E-state index is 0. The molecule has 3 nitrogen and oxygen atoms in total. The first kappa shape index (κ1) is 24.4. The summed E-state index contributed by atoms with van der Waals surface area (Å²) in [7, 11) is -6.98. The third-order valence-electron chi connectivity index (χ3n) is 2.04. The zero-order valence-electron chi connectivity index (χ0n) is 9.95. The van der Waals surface area contributed by atoms with Crippen molar-refractivity contribution >= 4 is 10.1 Å². The van der Waals surface area contributed by atoms with E-state index in [2.05, 4.69) is 0 Å². The molecule has 0 aromatic rings. The van der Waals surface area contributed by atoms with E-state index in [4.69, 9.17) is 0 Å².